The highest BCUT2D eigenvalue weighted by Gasteiger charge is 2.22. The molecule has 0 saturated carbocycles. The average molecular weight is 405 g/mol. The third-order valence-corrected chi connectivity index (χ3v) is 4.46. The third kappa shape index (κ3) is 4.97. The van der Waals surface area contributed by atoms with Crippen LogP contribution in [0.1, 0.15) is 31.9 Å². The van der Waals surface area contributed by atoms with Crippen molar-refractivity contribution >= 4 is 29.3 Å². The van der Waals surface area contributed by atoms with E-state index in [0.717, 1.165) is 17.7 Å². The monoisotopic (exact) mass is 405 g/mol. The third-order valence-electron chi connectivity index (χ3n) is 4.46. The summed E-state index contributed by atoms with van der Waals surface area (Å²) in [5.74, 6) is 0.624. The summed E-state index contributed by atoms with van der Waals surface area (Å²) in [5.41, 5.74) is 2.72. The van der Waals surface area contributed by atoms with E-state index in [1.54, 1.807) is 30.3 Å². The fourth-order valence-electron chi connectivity index (χ4n) is 3.19. The van der Waals surface area contributed by atoms with Gasteiger partial charge in [-0.15, -0.1) is 0 Å². The molecule has 0 radical (unpaired) electrons. The van der Waals surface area contributed by atoms with E-state index in [1.165, 1.54) is 13.0 Å². The van der Waals surface area contributed by atoms with Crippen molar-refractivity contribution in [2.45, 2.75) is 33.3 Å². The predicted molar refractivity (Wildman–Crippen MR) is 114 cm³/mol. The van der Waals surface area contributed by atoms with Crippen molar-refractivity contribution < 1.29 is 19.1 Å². The number of amides is 2. The molecule has 0 fully saturated rings. The molecule has 1 aliphatic rings. The first-order chi connectivity index (χ1) is 14.4. The summed E-state index contributed by atoms with van der Waals surface area (Å²) in [6, 6.07) is 12.3. The van der Waals surface area contributed by atoms with Crippen LogP contribution in [-0.4, -0.2) is 24.5 Å². The number of nitriles is 1. The van der Waals surface area contributed by atoms with Gasteiger partial charge in [0.2, 0.25) is 5.91 Å². The Bertz CT molecular complexity index is 1040. The van der Waals surface area contributed by atoms with Crippen LogP contribution < -0.4 is 20.1 Å². The number of nitrogens with zero attached hydrogens (tertiary/aromatic N) is 1. The number of carbonyl (C=O) groups excluding carboxylic acids is 2. The van der Waals surface area contributed by atoms with Gasteiger partial charge in [0.15, 0.2) is 0 Å². The Morgan fingerprint density at radius 2 is 1.90 bits per heavy atom. The molecule has 3 rings (SSSR count). The van der Waals surface area contributed by atoms with Crippen molar-refractivity contribution in [3.63, 3.8) is 0 Å². The Balaban J connectivity index is 1.83. The smallest absolute Gasteiger partial charge is 0.266 e. The maximum Gasteiger partial charge on any atom is 0.266 e. The minimum absolute atomic E-state index is 0.0621. The van der Waals surface area contributed by atoms with Crippen LogP contribution in [0.5, 0.6) is 11.5 Å². The van der Waals surface area contributed by atoms with Crippen LogP contribution in [0.15, 0.2) is 42.0 Å². The van der Waals surface area contributed by atoms with Crippen molar-refractivity contribution in [1.82, 2.24) is 0 Å². The number of hydrogen-bond donors (Lipinski definition) is 2. The fraction of sp³-hybridized carbons (Fsp3) is 0.261. The van der Waals surface area contributed by atoms with E-state index in [-0.39, 0.29) is 17.6 Å². The minimum Gasteiger partial charge on any atom is -0.493 e. The van der Waals surface area contributed by atoms with Gasteiger partial charge in [-0.05, 0) is 56.3 Å². The zero-order chi connectivity index (χ0) is 21.7. The molecule has 1 aliphatic heterocycles. The summed E-state index contributed by atoms with van der Waals surface area (Å²) in [6.45, 7) is 5.75. The molecule has 0 bridgehead atoms. The van der Waals surface area contributed by atoms with Gasteiger partial charge in [-0.3, -0.25) is 9.59 Å². The molecule has 7 heteroatoms. The molecule has 0 saturated heterocycles. The number of carbonyl (C=O) groups is 2. The molecule has 2 aromatic rings. The van der Waals surface area contributed by atoms with Crippen molar-refractivity contribution in [2.75, 3.05) is 17.2 Å². The van der Waals surface area contributed by atoms with Gasteiger partial charge in [0.05, 0.1) is 6.61 Å². The van der Waals surface area contributed by atoms with Crippen LogP contribution in [0.2, 0.25) is 0 Å². The highest BCUT2D eigenvalue weighted by atomic mass is 16.5. The largest absolute Gasteiger partial charge is 0.493 e. The second-order valence-electron chi connectivity index (χ2n) is 6.95. The summed E-state index contributed by atoms with van der Waals surface area (Å²) >= 11 is 0. The van der Waals surface area contributed by atoms with E-state index in [1.807, 2.05) is 26.0 Å². The van der Waals surface area contributed by atoms with Crippen molar-refractivity contribution in [1.29, 1.82) is 5.26 Å². The Morgan fingerprint density at radius 3 is 2.50 bits per heavy atom. The zero-order valence-corrected chi connectivity index (χ0v) is 17.1. The number of ether oxygens (including phenoxy) is 2. The summed E-state index contributed by atoms with van der Waals surface area (Å²) in [5, 5.41) is 14.9. The summed E-state index contributed by atoms with van der Waals surface area (Å²) in [6.07, 6.45) is 2.37. The lowest BCUT2D eigenvalue weighted by Crippen LogP contribution is -2.13. The molecule has 2 aromatic carbocycles. The lowest BCUT2D eigenvalue weighted by Gasteiger charge is -2.11. The first-order valence-corrected chi connectivity index (χ1v) is 9.66. The van der Waals surface area contributed by atoms with Crippen LogP contribution in [0, 0.1) is 11.3 Å². The maximum atomic E-state index is 12.6. The number of fused-ring (bicyclic) bond motifs is 1. The van der Waals surface area contributed by atoms with Crippen LogP contribution in [-0.2, 0) is 16.0 Å². The van der Waals surface area contributed by atoms with Crippen molar-refractivity contribution in [2.24, 2.45) is 0 Å². The van der Waals surface area contributed by atoms with E-state index < -0.39 is 5.91 Å². The maximum absolute atomic E-state index is 12.6. The topological polar surface area (TPSA) is 100 Å². The Morgan fingerprint density at radius 1 is 1.23 bits per heavy atom. The van der Waals surface area contributed by atoms with Gasteiger partial charge >= 0.3 is 0 Å². The molecule has 0 aromatic heterocycles. The summed E-state index contributed by atoms with van der Waals surface area (Å²) in [7, 11) is 0. The van der Waals surface area contributed by atoms with Gasteiger partial charge in [0.25, 0.3) is 5.91 Å². The summed E-state index contributed by atoms with van der Waals surface area (Å²) < 4.78 is 11.5. The Kier molecular flexibility index (Phi) is 6.38. The normalized spacial score (nSPS) is 14.9. The standard InChI is InChI=1S/C23H23N3O4/c1-4-29-21-11-16-9-14(2)30-22(16)12-17(21)10-18(13-24)23(28)26-20-7-5-19(6-8-20)25-15(3)27/h5-8,10-12,14H,4,9H2,1-3H3,(H,25,27)(H,26,28)/b18-10+. The lowest BCUT2D eigenvalue weighted by molar-refractivity contribution is -0.114. The van der Waals surface area contributed by atoms with E-state index in [0.29, 0.717) is 29.3 Å². The average Bonchev–Trinajstić information content (AvgIpc) is 3.06. The minimum atomic E-state index is -0.540. The number of hydrogen-bond acceptors (Lipinski definition) is 5. The highest BCUT2D eigenvalue weighted by Crippen LogP contribution is 2.36. The molecular weight excluding hydrogens is 382 g/mol. The summed E-state index contributed by atoms with van der Waals surface area (Å²) in [4.78, 5) is 23.7. The second kappa shape index (κ2) is 9.14. The van der Waals surface area contributed by atoms with E-state index in [4.69, 9.17) is 9.47 Å². The van der Waals surface area contributed by atoms with Gasteiger partial charge in [0, 0.05) is 35.8 Å². The molecule has 1 atom stereocenters. The number of nitrogens with one attached hydrogen (secondary N) is 2. The van der Waals surface area contributed by atoms with Crippen molar-refractivity contribution in [3.05, 3.63) is 53.1 Å². The van der Waals surface area contributed by atoms with Crippen LogP contribution in [0.25, 0.3) is 6.08 Å². The Labute approximate surface area is 175 Å². The number of anilines is 2. The molecule has 1 heterocycles. The first-order valence-electron chi connectivity index (χ1n) is 9.66. The molecule has 2 amide bonds. The SMILES string of the molecule is CCOc1cc2c(cc1/C=C(\C#N)C(=O)Nc1ccc(NC(C)=O)cc1)OC(C)C2. The fourth-order valence-corrected chi connectivity index (χ4v) is 3.19. The van der Waals surface area contributed by atoms with Gasteiger partial charge in [-0.2, -0.15) is 5.26 Å². The van der Waals surface area contributed by atoms with Crippen LogP contribution in [0.4, 0.5) is 11.4 Å². The molecular formula is C23H23N3O4. The number of rotatable bonds is 6. The molecule has 7 nitrogen and oxygen atoms in total. The quantitative estimate of drug-likeness (QED) is 0.561. The van der Waals surface area contributed by atoms with E-state index in [2.05, 4.69) is 10.6 Å². The molecule has 1 unspecified atom stereocenters. The van der Waals surface area contributed by atoms with Gasteiger partial charge in [-0.1, -0.05) is 0 Å². The predicted octanol–water partition coefficient (Wildman–Crippen LogP) is 3.91. The van der Waals surface area contributed by atoms with Crippen LogP contribution >= 0.6 is 0 Å². The van der Waals surface area contributed by atoms with Gasteiger partial charge < -0.3 is 20.1 Å². The first kappa shape index (κ1) is 20.9. The van der Waals surface area contributed by atoms with Crippen LogP contribution in [0.3, 0.4) is 0 Å². The Hall–Kier alpha value is -3.79. The molecule has 0 spiro atoms. The molecule has 30 heavy (non-hydrogen) atoms. The van der Waals surface area contributed by atoms with Gasteiger partial charge in [-0.25, -0.2) is 0 Å². The van der Waals surface area contributed by atoms with E-state index >= 15 is 0 Å². The van der Waals surface area contributed by atoms with Crippen molar-refractivity contribution in [3.8, 4) is 17.6 Å². The highest BCUT2D eigenvalue weighted by molar-refractivity contribution is 6.10. The lowest BCUT2D eigenvalue weighted by atomic mass is 10.0. The molecule has 154 valence electrons. The van der Waals surface area contributed by atoms with E-state index in [9.17, 15) is 14.9 Å². The molecule has 0 aliphatic carbocycles. The van der Waals surface area contributed by atoms with Gasteiger partial charge in [0.1, 0.15) is 29.2 Å². The second-order valence-corrected chi connectivity index (χ2v) is 6.95. The number of benzene rings is 2. The molecule has 2 N–H and O–H groups in total. The zero-order valence-electron chi connectivity index (χ0n) is 17.1.